The van der Waals surface area contributed by atoms with Gasteiger partial charge in [-0.3, -0.25) is 0 Å². The lowest BCUT2D eigenvalue weighted by molar-refractivity contribution is 0.507. The zero-order chi connectivity index (χ0) is 15.2. The number of nitrogen functional groups attached to an aromatic ring is 1. The minimum Gasteiger partial charge on any atom is -0.366 e. The molecule has 1 aromatic heterocycles. The molecule has 0 amide bonds. The monoisotopic (exact) mass is 293 g/mol. The Bertz CT molecular complexity index is 618. The van der Waals surface area contributed by atoms with Gasteiger partial charge in [0, 0.05) is 19.0 Å². The van der Waals surface area contributed by atoms with Gasteiger partial charge in [0.1, 0.15) is 17.5 Å². The van der Waals surface area contributed by atoms with E-state index in [4.69, 9.17) is 5.84 Å². The van der Waals surface area contributed by atoms with E-state index >= 15 is 0 Å². The fourth-order valence-electron chi connectivity index (χ4n) is 1.84. The second-order valence-electron chi connectivity index (χ2n) is 4.55. The van der Waals surface area contributed by atoms with Crippen molar-refractivity contribution in [3.05, 3.63) is 47.3 Å². The molecule has 0 unspecified atom stereocenters. The van der Waals surface area contributed by atoms with Crippen LogP contribution in [0.5, 0.6) is 0 Å². The van der Waals surface area contributed by atoms with E-state index in [1.165, 1.54) is 6.07 Å². The molecular formula is C14H17F2N5. The minimum absolute atomic E-state index is 0.323. The highest BCUT2D eigenvalue weighted by molar-refractivity contribution is 5.47. The van der Waals surface area contributed by atoms with Gasteiger partial charge < -0.3 is 10.7 Å². The van der Waals surface area contributed by atoms with Crippen LogP contribution in [0.4, 0.5) is 20.4 Å². The first-order valence-corrected chi connectivity index (χ1v) is 6.64. The van der Waals surface area contributed by atoms with Gasteiger partial charge in [0.2, 0.25) is 0 Å². The summed E-state index contributed by atoms with van der Waals surface area (Å²) < 4.78 is 26.0. The maximum atomic E-state index is 13.1. The molecule has 1 heterocycles. The number of hydrogen-bond donors (Lipinski definition) is 3. The number of hydrogen-bond acceptors (Lipinski definition) is 5. The summed E-state index contributed by atoms with van der Waals surface area (Å²) in [7, 11) is 0. The van der Waals surface area contributed by atoms with E-state index in [0.29, 0.717) is 29.6 Å². The van der Waals surface area contributed by atoms with E-state index in [1.807, 2.05) is 6.92 Å². The third-order valence-electron chi connectivity index (χ3n) is 2.85. The summed E-state index contributed by atoms with van der Waals surface area (Å²) in [6, 6.07) is 5.42. The molecule has 0 fully saturated rings. The van der Waals surface area contributed by atoms with Gasteiger partial charge in [-0.2, -0.15) is 0 Å². The first kappa shape index (κ1) is 15.1. The summed E-state index contributed by atoms with van der Waals surface area (Å²) in [4.78, 5) is 8.57. The molecular weight excluding hydrogens is 276 g/mol. The molecule has 1 aromatic carbocycles. The fraction of sp³-hybridized carbons (Fsp3) is 0.286. The van der Waals surface area contributed by atoms with E-state index in [0.717, 1.165) is 25.0 Å². The number of aromatic nitrogens is 2. The molecule has 0 saturated heterocycles. The topological polar surface area (TPSA) is 75.9 Å². The third-order valence-corrected chi connectivity index (χ3v) is 2.85. The van der Waals surface area contributed by atoms with Crippen molar-refractivity contribution in [2.45, 2.75) is 26.3 Å². The fourth-order valence-corrected chi connectivity index (χ4v) is 1.84. The molecule has 2 aromatic rings. The summed E-state index contributed by atoms with van der Waals surface area (Å²) in [5.41, 5.74) is 3.10. The van der Waals surface area contributed by atoms with Crippen LogP contribution in [0.15, 0.2) is 24.3 Å². The molecule has 0 spiro atoms. The van der Waals surface area contributed by atoms with Crippen LogP contribution in [0, 0.1) is 11.6 Å². The molecule has 0 bridgehead atoms. The number of nitrogens with two attached hydrogens (primary N) is 1. The van der Waals surface area contributed by atoms with Crippen molar-refractivity contribution in [1.29, 1.82) is 0 Å². The summed E-state index contributed by atoms with van der Waals surface area (Å²) in [5.74, 6) is 5.38. The van der Waals surface area contributed by atoms with Crippen molar-refractivity contribution in [2.75, 3.05) is 10.7 Å². The second kappa shape index (κ2) is 6.94. The van der Waals surface area contributed by atoms with Gasteiger partial charge in [-0.25, -0.2) is 24.6 Å². The van der Waals surface area contributed by atoms with Crippen molar-refractivity contribution in [3.63, 3.8) is 0 Å². The highest BCUT2D eigenvalue weighted by Gasteiger charge is 2.05. The molecule has 0 aliphatic rings. The Morgan fingerprint density at radius 3 is 2.52 bits per heavy atom. The second-order valence-corrected chi connectivity index (χ2v) is 4.55. The predicted octanol–water partition coefficient (Wildman–Crippen LogP) is 2.61. The lowest BCUT2D eigenvalue weighted by atomic mass is 10.2. The molecule has 0 saturated carbocycles. The van der Waals surface area contributed by atoms with E-state index in [2.05, 4.69) is 20.7 Å². The van der Waals surface area contributed by atoms with E-state index < -0.39 is 11.6 Å². The van der Waals surface area contributed by atoms with E-state index in [9.17, 15) is 8.78 Å². The average Bonchev–Trinajstić information content (AvgIpc) is 2.48. The van der Waals surface area contributed by atoms with Crippen molar-refractivity contribution < 1.29 is 8.78 Å². The first-order chi connectivity index (χ1) is 10.1. The maximum Gasteiger partial charge on any atom is 0.159 e. The van der Waals surface area contributed by atoms with Gasteiger partial charge in [0.05, 0.1) is 0 Å². The van der Waals surface area contributed by atoms with Crippen LogP contribution in [0.3, 0.4) is 0 Å². The summed E-state index contributed by atoms with van der Waals surface area (Å²) in [6.45, 7) is 2.35. The minimum atomic E-state index is -0.868. The number of hydrazine groups is 1. The zero-order valence-corrected chi connectivity index (χ0v) is 11.7. The van der Waals surface area contributed by atoms with Crippen LogP contribution in [-0.4, -0.2) is 9.97 Å². The SMILES string of the molecule is CCCc1nc(NN)cc(NCc2ccc(F)c(F)c2)n1. The van der Waals surface area contributed by atoms with Gasteiger partial charge in [-0.1, -0.05) is 13.0 Å². The number of halogens is 2. The molecule has 21 heavy (non-hydrogen) atoms. The standard InChI is InChI=1S/C14H17F2N5/c1-2-3-12-19-13(7-14(20-12)21-17)18-8-9-4-5-10(15)11(16)6-9/h4-7H,2-3,8,17H2,1H3,(H2,18,19,20,21). The van der Waals surface area contributed by atoms with Crippen LogP contribution in [0.2, 0.25) is 0 Å². The molecule has 2 rings (SSSR count). The van der Waals surface area contributed by atoms with Gasteiger partial charge in [0.15, 0.2) is 11.6 Å². The van der Waals surface area contributed by atoms with Crippen molar-refractivity contribution in [1.82, 2.24) is 9.97 Å². The Labute approximate surface area is 121 Å². The van der Waals surface area contributed by atoms with Crippen LogP contribution < -0.4 is 16.6 Å². The molecule has 0 aliphatic heterocycles. The van der Waals surface area contributed by atoms with Gasteiger partial charge in [-0.05, 0) is 24.1 Å². The summed E-state index contributed by atoms with van der Waals surface area (Å²) in [5, 5.41) is 3.05. The predicted molar refractivity (Wildman–Crippen MR) is 77.5 cm³/mol. The molecule has 4 N–H and O–H groups in total. The molecule has 0 atom stereocenters. The first-order valence-electron chi connectivity index (χ1n) is 6.64. The Morgan fingerprint density at radius 2 is 1.86 bits per heavy atom. The number of nitrogens with one attached hydrogen (secondary N) is 2. The van der Waals surface area contributed by atoms with Gasteiger partial charge in [0.25, 0.3) is 0 Å². The summed E-state index contributed by atoms with van der Waals surface area (Å²) in [6.07, 6.45) is 1.64. The van der Waals surface area contributed by atoms with Crippen LogP contribution in [-0.2, 0) is 13.0 Å². The molecule has 7 heteroatoms. The van der Waals surface area contributed by atoms with Gasteiger partial charge >= 0.3 is 0 Å². The Hall–Kier alpha value is -2.28. The van der Waals surface area contributed by atoms with Crippen LogP contribution in [0.1, 0.15) is 24.7 Å². The average molecular weight is 293 g/mol. The maximum absolute atomic E-state index is 13.1. The smallest absolute Gasteiger partial charge is 0.159 e. The number of anilines is 2. The Kier molecular flexibility index (Phi) is 4.99. The quantitative estimate of drug-likeness (QED) is 0.564. The summed E-state index contributed by atoms with van der Waals surface area (Å²) >= 11 is 0. The Balaban J connectivity index is 2.11. The third kappa shape index (κ3) is 4.09. The molecule has 5 nitrogen and oxygen atoms in total. The largest absolute Gasteiger partial charge is 0.366 e. The van der Waals surface area contributed by atoms with Gasteiger partial charge in [-0.15, -0.1) is 0 Å². The van der Waals surface area contributed by atoms with Crippen LogP contribution in [0.25, 0.3) is 0 Å². The Morgan fingerprint density at radius 1 is 1.10 bits per heavy atom. The highest BCUT2D eigenvalue weighted by atomic mass is 19.2. The number of nitrogens with zero attached hydrogens (tertiary/aromatic N) is 2. The molecule has 112 valence electrons. The van der Waals surface area contributed by atoms with Crippen molar-refractivity contribution >= 4 is 11.6 Å². The highest BCUT2D eigenvalue weighted by Crippen LogP contribution is 2.14. The zero-order valence-electron chi connectivity index (χ0n) is 11.7. The van der Waals surface area contributed by atoms with Crippen molar-refractivity contribution in [3.8, 4) is 0 Å². The lowest BCUT2D eigenvalue weighted by Gasteiger charge is -2.09. The van der Waals surface area contributed by atoms with Crippen LogP contribution >= 0.6 is 0 Å². The lowest BCUT2D eigenvalue weighted by Crippen LogP contribution is -2.12. The normalized spacial score (nSPS) is 10.5. The number of benzene rings is 1. The molecule has 0 aliphatic carbocycles. The molecule has 0 radical (unpaired) electrons. The van der Waals surface area contributed by atoms with Crippen molar-refractivity contribution in [2.24, 2.45) is 5.84 Å². The number of rotatable bonds is 6. The van der Waals surface area contributed by atoms with E-state index in [1.54, 1.807) is 6.07 Å². The van der Waals surface area contributed by atoms with E-state index in [-0.39, 0.29) is 0 Å². The number of aryl methyl sites for hydroxylation is 1.